The van der Waals surface area contributed by atoms with Crippen LogP contribution in [0, 0.1) is 0 Å². The van der Waals surface area contributed by atoms with Gasteiger partial charge in [0.1, 0.15) is 4.75 Å². The molecule has 0 bridgehead atoms. The Labute approximate surface area is 64.3 Å². The van der Waals surface area contributed by atoms with Gasteiger partial charge in [-0.1, -0.05) is 6.08 Å². The summed E-state index contributed by atoms with van der Waals surface area (Å²) >= 11 is 1.44. The average molecular weight is 158 g/mol. The van der Waals surface area contributed by atoms with E-state index < -0.39 is 10.7 Å². The maximum Gasteiger partial charge on any atom is 0.320 e. The van der Waals surface area contributed by atoms with Crippen molar-refractivity contribution in [3.05, 3.63) is 11.0 Å². The molecule has 0 spiro atoms. The smallest absolute Gasteiger partial charge is 0.320 e. The Morgan fingerprint density at radius 3 is 2.70 bits per heavy atom. The molecule has 0 aliphatic carbocycles. The maximum absolute atomic E-state index is 10.6. The average Bonchev–Trinajstić information content (AvgIpc) is 2.13. The summed E-state index contributed by atoms with van der Waals surface area (Å²) in [6, 6.07) is 0. The van der Waals surface area contributed by atoms with Gasteiger partial charge in [0, 0.05) is 0 Å². The third-order valence-corrected chi connectivity index (χ3v) is 2.90. The lowest BCUT2D eigenvalue weighted by Gasteiger charge is -2.15. The molecule has 1 N–H and O–H groups in total. The molecule has 0 amide bonds. The SMILES string of the molecule is CC1=CCC(C)(C(=O)O)S1. The van der Waals surface area contributed by atoms with Crippen molar-refractivity contribution in [1.29, 1.82) is 0 Å². The molecule has 1 unspecified atom stereocenters. The van der Waals surface area contributed by atoms with E-state index in [2.05, 4.69) is 0 Å². The van der Waals surface area contributed by atoms with Gasteiger partial charge in [-0.15, -0.1) is 11.8 Å². The molecule has 0 fully saturated rings. The van der Waals surface area contributed by atoms with Gasteiger partial charge < -0.3 is 5.11 Å². The fourth-order valence-electron chi connectivity index (χ4n) is 0.908. The van der Waals surface area contributed by atoms with Crippen molar-refractivity contribution < 1.29 is 9.90 Å². The summed E-state index contributed by atoms with van der Waals surface area (Å²) < 4.78 is -0.593. The monoisotopic (exact) mass is 158 g/mol. The molecule has 0 saturated heterocycles. The summed E-state index contributed by atoms with van der Waals surface area (Å²) in [5.74, 6) is -0.717. The van der Waals surface area contributed by atoms with Crippen molar-refractivity contribution in [3.8, 4) is 0 Å². The van der Waals surface area contributed by atoms with Crippen LogP contribution in [-0.4, -0.2) is 15.8 Å². The van der Waals surface area contributed by atoms with Crippen LogP contribution in [0.25, 0.3) is 0 Å². The molecule has 0 aromatic carbocycles. The van der Waals surface area contributed by atoms with Gasteiger partial charge in [0.25, 0.3) is 0 Å². The number of allylic oxidation sites excluding steroid dienone is 2. The largest absolute Gasteiger partial charge is 0.480 e. The maximum atomic E-state index is 10.6. The highest BCUT2D eigenvalue weighted by Crippen LogP contribution is 2.41. The van der Waals surface area contributed by atoms with Gasteiger partial charge in [0.2, 0.25) is 0 Å². The number of carbonyl (C=O) groups is 1. The van der Waals surface area contributed by atoms with Gasteiger partial charge in [-0.3, -0.25) is 4.79 Å². The van der Waals surface area contributed by atoms with Crippen LogP contribution in [0.1, 0.15) is 20.3 Å². The third kappa shape index (κ3) is 1.19. The standard InChI is InChI=1S/C7H10O2S/c1-5-3-4-7(2,10-5)6(8)9/h3H,4H2,1-2H3,(H,8,9). The Balaban J connectivity index is 2.70. The zero-order valence-electron chi connectivity index (χ0n) is 6.05. The molecule has 56 valence electrons. The summed E-state index contributed by atoms with van der Waals surface area (Å²) in [5.41, 5.74) is 0. The molecule has 10 heavy (non-hydrogen) atoms. The minimum Gasteiger partial charge on any atom is -0.480 e. The second kappa shape index (κ2) is 2.31. The normalized spacial score (nSPS) is 32.0. The lowest BCUT2D eigenvalue weighted by Crippen LogP contribution is -2.28. The van der Waals surface area contributed by atoms with Gasteiger partial charge in [-0.05, 0) is 25.2 Å². The minimum atomic E-state index is -0.717. The molecule has 0 radical (unpaired) electrons. The Bertz CT molecular complexity index is 198. The number of carboxylic acids is 1. The van der Waals surface area contributed by atoms with Crippen LogP contribution in [0.5, 0.6) is 0 Å². The van der Waals surface area contributed by atoms with Crippen molar-refractivity contribution in [2.24, 2.45) is 0 Å². The molecular weight excluding hydrogens is 148 g/mol. The van der Waals surface area contributed by atoms with E-state index in [9.17, 15) is 4.79 Å². The number of thioether (sulfide) groups is 1. The zero-order valence-corrected chi connectivity index (χ0v) is 6.86. The van der Waals surface area contributed by atoms with E-state index in [4.69, 9.17) is 5.11 Å². The number of rotatable bonds is 1. The Morgan fingerprint density at radius 1 is 1.90 bits per heavy atom. The Morgan fingerprint density at radius 2 is 2.50 bits per heavy atom. The number of aliphatic carboxylic acids is 1. The first-order valence-electron chi connectivity index (χ1n) is 3.14. The van der Waals surface area contributed by atoms with Gasteiger partial charge in [-0.25, -0.2) is 0 Å². The van der Waals surface area contributed by atoms with Crippen molar-refractivity contribution in [3.63, 3.8) is 0 Å². The highest BCUT2D eigenvalue weighted by molar-refractivity contribution is 8.05. The highest BCUT2D eigenvalue weighted by atomic mass is 32.2. The third-order valence-electron chi connectivity index (χ3n) is 1.62. The van der Waals surface area contributed by atoms with Crippen LogP contribution in [0.2, 0.25) is 0 Å². The molecule has 2 nitrogen and oxygen atoms in total. The van der Waals surface area contributed by atoms with Crippen LogP contribution in [-0.2, 0) is 4.79 Å². The molecule has 1 aliphatic rings. The lowest BCUT2D eigenvalue weighted by atomic mass is 10.1. The summed E-state index contributed by atoms with van der Waals surface area (Å²) in [6.07, 6.45) is 2.62. The predicted molar refractivity (Wildman–Crippen MR) is 42.0 cm³/mol. The fourth-order valence-corrected chi connectivity index (χ4v) is 2.04. The summed E-state index contributed by atoms with van der Waals surface area (Å²) in [4.78, 5) is 11.7. The minimum absolute atomic E-state index is 0.593. The van der Waals surface area contributed by atoms with Crippen molar-refractivity contribution in [2.75, 3.05) is 0 Å². The molecule has 1 aliphatic heterocycles. The first-order chi connectivity index (χ1) is 4.54. The summed E-state index contributed by atoms with van der Waals surface area (Å²) in [5, 5.41) is 8.74. The van der Waals surface area contributed by atoms with Crippen molar-refractivity contribution in [2.45, 2.75) is 25.0 Å². The number of hydrogen-bond acceptors (Lipinski definition) is 2. The zero-order chi connectivity index (χ0) is 7.78. The van der Waals surface area contributed by atoms with Crippen LogP contribution >= 0.6 is 11.8 Å². The second-order valence-corrected chi connectivity index (χ2v) is 4.41. The number of carboxylic acid groups (broad SMARTS) is 1. The van der Waals surface area contributed by atoms with Gasteiger partial charge in [0.15, 0.2) is 0 Å². The lowest BCUT2D eigenvalue weighted by molar-refractivity contribution is -0.139. The summed E-state index contributed by atoms with van der Waals surface area (Å²) in [6.45, 7) is 3.70. The van der Waals surface area contributed by atoms with E-state index in [1.54, 1.807) is 6.92 Å². The van der Waals surface area contributed by atoms with E-state index >= 15 is 0 Å². The van der Waals surface area contributed by atoms with E-state index in [0.29, 0.717) is 6.42 Å². The molecule has 3 heteroatoms. The molecule has 1 rings (SSSR count). The highest BCUT2D eigenvalue weighted by Gasteiger charge is 2.36. The van der Waals surface area contributed by atoms with Gasteiger partial charge in [-0.2, -0.15) is 0 Å². The first-order valence-corrected chi connectivity index (χ1v) is 3.95. The van der Waals surface area contributed by atoms with E-state index in [-0.39, 0.29) is 0 Å². The van der Waals surface area contributed by atoms with E-state index in [0.717, 1.165) is 4.91 Å². The molecule has 0 saturated carbocycles. The van der Waals surface area contributed by atoms with Crippen LogP contribution in [0.15, 0.2) is 11.0 Å². The van der Waals surface area contributed by atoms with E-state index in [1.165, 1.54) is 11.8 Å². The van der Waals surface area contributed by atoms with Crippen molar-refractivity contribution in [1.82, 2.24) is 0 Å². The Kier molecular flexibility index (Phi) is 1.77. The van der Waals surface area contributed by atoms with Crippen LogP contribution in [0.3, 0.4) is 0 Å². The molecular formula is C7H10O2S. The first kappa shape index (κ1) is 7.66. The quantitative estimate of drug-likeness (QED) is 0.633. The summed E-state index contributed by atoms with van der Waals surface area (Å²) in [7, 11) is 0. The van der Waals surface area contributed by atoms with Crippen LogP contribution < -0.4 is 0 Å². The Hall–Kier alpha value is -0.440. The topological polar surface area (TPSA) is 37.3 Å². The van der Waals surface area contributed by atoms with Crippen LogP contribution in [0.4, 0.5) is 0 Å². The number of hydrogen-bond donors (Lipinski definition) is 1. The van der Waals surface area contributed by atoms with Gasteiger partial charge in [0.05, 0.1) is 0 Å². The predicted octanol–water partition coefficient (Wildman–Crippen LogP) is 1.87. The fraction of sp³-hybridized carbons (Fsp3) is 0.571. The van der Waals surface area contributed by atoms with Crippen molar-refractivity contribution >= 4 is 17.7 Å². The molecule has 1 atom stereocenters. The second-order valence-electron chi connectivity index (χ2n) is 2.66. The van der Waals surface area contributed by atoms with E-state index in [1.807, 2.05) is 13.0 Å². The molecule has 1 heterocycles. The molecule has 0 aromatic rings. The molecule has 0 aromatic heterocycles. The van der Waals surface area contributed by atoms with Gasteiger partial charge >= 0.3 is 5.97 Å².